The molecular weight excluding hydrogens is 408 g/mol. The Morgan fingerprint density at radius 2 is 1.77 bits per heavy atom. The fraction of sp³-hybridized carbons (Fsp3) is 0.350. The van der Waals surface area contributed by atoms with Crippen LogP contribution in [0.1, 0.15) is 15.9 Å². The molecule has 1 aliphatic rings. The Labute approximate surface area is 175 Å². The first-order chi connectivity index (χ1) is 14.3. The van der Waals surface area contributed by atoms with Gasteiger partial charge < -0.3 is 10.2 Å². The van der Waals surface area contributed by atoms with Gasteiger partial charge in [-0.1, -0.05) is 12.1 Å². The van der Waals surface area contributed by atoms with Gasteiger partial charge in [0.2, 0.25) is 10.0 Å². The molecule has 3 rings (SSSR count). The van der Waals surface area contributed by atoms with E-state index in [9.17, 15) is 23.3 Å². The predicted octanol–water partition coefficient (Wildman–Crippen LogP) is 1.79. The third-order valence-electron chi connectivity index (χ3n) is 4.98. The Morgan fingerprint density at radius 1 is 1.10 bits per heavy atom. The van der Waals surface area contributed by atoms with Gasteiger partial charge in [0, 0.05) is 56.1 Å². The number of hydrogen-bond acceptors (Lipinski definition) is 6. The van der Waals surface area contributed by atoms with Crippen LogP contribution in [0.2, 0.25) is 0 Å². The topological polar surface area (TPSA) is 113 Å². The number of rotatable bonds is 7. The molecule has 2 aromatic rings. The van der Waals surface area contributed by atoms with Crippen LogP contribution in [0.25, 0.3) is 0 Å². The maximum absolute atomic E-state index is 12.6. The van der Waals surface area contributed by atoms with Gasteiger partial charge in [-0.05, 0) is 36.8 Å². The van der Waals surface area contributed by atoms with Crippen LogP contribution in [0.4, 0.5) is 11.4 Å². The van der Waals surface area contributed by atoms with Gasteiger partial charge in [0.1, 0.15) is 0 Å². The third kappa shape index (κ3) is 5.33. The van der Waals surface area contributed by atoms with Gasteiger partial charge in [0.15, 0.2) is 0 Å². The Morgan fingerprint density at radius 3 is 2.37 bits per heavy atom. The van der Waals surface area contributed by atoms with Gasteiger partial charge in [-0.15, -0.1) is 0 Å². The Kier molecular flexibility index (Phi) is 6.68. The van der Waals surface area contributed by atoms with Gasteiger partial charge in [-0.3, -0.25) is 14.9 Å². The number of non-ortho nitro benzene ring substituents is 1. The maximum Gasteiger partial charge on any atom is 0.269 e. The zero-order valence-corrected chi connectivity index (χ0v) is 17.5. The number of aryl methyl sites for hydroxylation is 1. The normalized spacial score (nSPS) is 15.0. The SMILES string of the molecule is Cc1cccc(N2CCN(S(=O)(=O)CCNC(=O)c3ccc([N+](=O)[O-])cc3)CC2)c1. The summed E-state index contributed by atoms with van der Waals surface area (Å²) in [5.74, 6) is -0.666. The van der Waals surface area contributed by atoms with Crippen LogP contribution in [0.15, 0.2) is 48.5 Å². The van der Waals surface area contributed by atoms with Gasteiger partial charge in [0.05, 0.1) is 10.7 Å². The number of piperazine rings is 1. The summed E-state index contributed by atoms with van der Waals surface area (Å²) in [6, 6.07) is 13.3. The van der Waals surface area contributed by atoms with Crippen LogP contribution in [-0.4, -0.2) is 62.0 Å². The molecule has 160 valence electrons. The second-order valence-corrected chi connectivity index (χ2v) is 9.19. The van der Waals surface area contributed by atoms with Crippen LogP contribution in [0.5, 0.6) is 0 Å². The molecular formula is C20H24N4O5S. The van der Waals surface area contributed by atoms with E-state index in [0.29, 0.717) is 26.2 Å². The van der Waals surface area contributed by atoms with E-state index in [0.717, 1.165) is 11.3 Å². The lowest BCUT2D eigenvalue weighted by molar-refractivity contribution is -0.384. The molecule has 0 saturated carbocycles. The number of sulfonamides is 1. The molecule has 1 aliphatic heterocycles. The first kappa shape index (κ1) is 21.7. The number of nitrogens with one attached hydrogen (secondary N) is 1. The van der Waals surface area contributed by atoms with Crippen LogP contribution >= 0.6 is 0 Å². The summed E-state index contributed by atoms with van der Waals surface area (Å²) in [6.07, 6.45) is 0. The van der Waals surface area contributed by atoms with Crippen molar-refractivity contribution in [2.24, 2.45) is 0 Å². The third-order valence-corrected chi connectivity index (χ3v) is 6.86. The maximum atomic E-state index is 12.6. The summed E-state index contributed by atoms with van der Waals surface area (Å²) in [5.41, 5.74) is 2.37. The second kappa shape index (κ2) is 9.23. The summed E-state index contributed by atoms with van der Waals surface area (Å²) < 4.78 is 26.7. The van der Waals surface area contributed by atoms with Crippen molar-refractivity contribution in [2.75, 3.05) is 43.4 Å². The van der Waals surface area contributed by atoms with Gasteiger partial charge in [-0.2, -0.15) is 4.31 Å². The molecule has 0 spiro atoms. The number of nitrogens with zero attached hydrogens (tertiary/aromatic N) is 3. The van der Waals surface area contributed by atoms with Gasteiger partial charge in [-0.25, -0.2) is 8.42 Å². The average molecular weight is 433 g/mol. The van der Waals surface area contributed by atoms with Crippen molar-refractivity contribution >= 4 is 27.3 Å². The summed E-state index contributed by atoms with van der Waals surface area (Å²) >= 11 is 0. The lowest BCUT2D eigenvalue weighted by Gasteiger charge is -2.35. The zero-order chi connectivity index (χ0) is 21.7. The van der Waals surface area contributed by atoms with Crippen molar-refractivity contribution in [2.45, 2.75) is 6.92 Å². The first-order valence-electron chi connectivity index (χ1n) is 9.58. The van der Waals surface area contributed by atoms with E-state index in [2.05, 4.69) is 16.3 Å². The standard InChI is InChI=1S/C20H24N4O5S/c1-16-3-2-4-19(15-16)22-10-12-23(13-11-22)30(28,29)14-9-21-20(25)17-5-7-18(8-6-17)24(26)27/h2-8,15H,9-14H2,1H3,(H,21,25). The molecule has 10 heteroatoms. The lowest BCUT2D eigenvalue weighted by atomic mass is 10.2. The highest BCUT2D eigenvalue weighted by Crippen LogP contribution is 2.19. The fourth-order valence-corrected chi connectivity index (χ4v) is 4.65. The molecule has 0 aromatic heterocycles. The molecule has 0 atom stereocenters. The monoisotopic (exact) mass is 432 g/mol. The fourth-order valence-electron chi connectivity index (χ4n) is 3.31. The Hall–Kier alpha value is -2.98. The first-order valence-corrected chi connectivity index (χ1v) is 11.2. The van der Waals surface area contributed by atoms with Crippen LogP contribution < -0.4 is 10.2 Å². The molecule has 0 unspecified atom stereocenters. The average Bonchev–Trinajstić information content (AvgIpc) is 2.73. The summed E-state index contributed by atoms with van der Waals surface area (Å²) in [7, 11) is -3.49. The molecule has 1 N–H and O–H groups in total. The molecule has 0 radical (unpaired) electrons. The summed E-state index contributed by atoms with van der Waals surface area (Å²) in [5, 5.41) is 13.2. The number of hydrogen-bond donors (Lipinski definition) is 1. The van der Waals surface area contributed by atoms with Crippen LogP contribution in [0.3, 0.4) is 0 Å². The minimum absolute atomic E-state index is 0.0315. The molecule has 2 aromatic carbocycles. The minimum Gasteiger partial charge on any atom is -0.369 e. The molecule has 9 nitrogen and oxygen atoms in total. The van der Waals surface area contributed by atoms with Gasteiger partial charge in [0.25, 0.3) is 11.6 Å². The number of carbonyl (C=O) groups is 1. The molecule has 30 heavy (non-hydrogen) atoms. The highest BCUT2D eigenvalue weighted by molar-refractivity contribution is 7.89. The van der Waals surface area contributed by atoms with E-state index in [-0.39, 0.29) is 23.5 Å². The van der Waals surface area contributed by atoms with Crippen LogP contribution in [-0.2, 0) is 10.0 Å². The number of benzene rings is 2. The van der Waals surface area contributed by atoms with E-state index < -0.39 is 20.9 Å². The van der Waals surface area contributed by atoms with E-state index in [4.69, 9.17) is 0 Å². The molecule has 0 bridgehead atoms. The van der Waals surface area contributed by atoms with E-state index >= 15 is 0 Å². The number of anilines is 1. The number of amides is 1. The summed E-state index contributed by atoms with van der Waals surface area (Å²) in [6.45, 7) is 4.00. The van der Waals surface area contributed by atoms with Crippen molar-refractivity contribution < 1.29 is 18.1 Å². The second-order valence-electron chi connectivity index (χ2n) is 7.10. The van der Waals surface area contributed by atoms with Crippen molar-refractivity contribution in [3.63, 3.8) is 0 Å². The zero-order valence-electron chi connectivity index (χ0n) is 16.7. The molecule has 1 heterocycles. The number of nitro benzene ring substituents is 1. The largest absolute Gasteiger partial charge is 0.369 e. The predicted molar refractivity (Wildman–Crippen MR) is 114 cm³/mol. The number of carbonyl (C=O) groups excluding carboxylic acids is 1. The van der Waals surface area contributed by atoms with E-state index in [1.807, 2.05) is 25.1 Å². The van der Waals surface area contributed by atoms with Crippen molar-refractivity contribution in [1.29, 1.82) is 0 Å². The molecule has 1 fully saturated rings. The summed E-state index contributed by atoms with van der Waals surface area (Å²) in [4.78, 5) is 24.4. The van der Waals surface area contributed by atoms with Crippen LogP contribution in [0, 0.1) is 17.0 Å². The van der Waals surface area contributed by atoms with Crippen molar-refractivity contribution in [3.05, 3.63) is 69.8 Å². The highest BCUT2D eigenvalue weighted by Gasteiger charge is 2.27. The Bertz CT molecular complexity index is 1020. The van der Waals surface area contributed by atoms with Crippen molar-refractivity contribution in [1.82, 2.24) is 9.62 Å². The smallest absolute Gasteiger partial charge is 0.269 e. The molecule has 0 aliphatic carbocycles. The van der Waals surface area contributed by atoms with E-state index in [1.54, 1.807) is 0 Å². The molecule has 1 saturated heterocycles. The quantitative estimate of drug-likeness (QED) is 0.527. The highest BCUT2D eigenvalue weighted by atomic mass is 32.2. The molecule has 1 amide bonds. The Balaban J connectivity index is 1.48. The van der Waals surface area contributed by atoms with E-state index in [1.165, 1.54) is 28.6 Å². The number of nitro groups is 1. The lowest BCUT2D eigenvalue weighted by Crippen LogP contribution is -2.50. The van der Waals surface area contributed by atoms with Crippen molar-refractivity contribution in [3.8, 4) is 0 Å². The van der Waals surface area contributed by atoms with Gasteiger partial charge >= 0.3 is 0 Å². The minimum atomic E-state index is -3.49.